The highest BCUT2D eigenvalue weighted by atomic mass is 28.3. The Morgan fingerprint density at radius 1 is 1.11 bits per heavy atom. The highest BCUT2D eigenvalue weighted by Crippen LogP contribution is 2.26. The van der Waals surface area contributed by atoms with Crippen molar-refractivity contribution >= 4 is 13.5 Å². The molecule has 0 saturated carbocycles. The second kappa shape index (κ2) is 7.12. The van der Waals surface area contributed by atoms with Gasteiger partial charge in [-0.15, -0.1) is 26.3 Å². The Morgan fingerprint density at radius 2 is 1.63 bits per heavy atom. The minimum atomic E-state index is -1.89. The molecule has 0 amide bonds. The Labute approximate surface area is 117 Å². The van der Waals surface area contributed by atoms with E-state index in [-0.39, 0.29) is 6.04 Å². The number of allylic oxidation sites excluding steroid dienone is 3. The largest absolute Gasteiger partial charge is 0.474 e. The fraction of sp³-hybridized carbons (Fsp3) is 0.250. The molecule has 3 heteroatoms. The van der Waals surface area contributed by atoms with Gasteiger partial charge >= 0.3 is 0 Å². The van der Waals surface area contributed by atoms with Crippen LogP contribution in [0.15, 0.2) is 67.4 Å². The van der Waals surface area contributed by atoms with E-state index in [9.17, 15) is 0 Å². The van der Waals surface area contributed by atoms with E-state index in [1.165, 1.54) is 0 Å². The van der Waals surface area contributed by atoms with E-state index < -0.39 is 8.07 Å². The van der Waals surface area contributed by atoms with Crippen LogP contribution in [0.25, 0.3) is 0 Å². The van der Waals surface area contributed by atoms with Crippen LogP contribution in [0, 0.1) is 0 Å². The topological polar surface area (TPSA) is 39.2 Å². The summed E-state index contributed by atoms with van der Waals surface area (Å²) in [5, 5.41) is 1.03. The summed E-state index contributed by atoms with van der Waals surface area (Å²) in [7, 11) is -1.89. The van der Waals surface area contributed by atoms with Gasteiger partial charge in [0, 0.05) is 5.56 Å². The number of rotatable bonds is 9. The zero-order valence-electron chi connectivity index (χ0n) is 11.5. The van der Waals surface area contributed by atoms with Crippen molar-refractivity contribution in [1.82, 2.24) is 0 Å². The summed E-state index contributed by atoms with van der Waals surface area (Å²) in [6.45, 7) is 15.4. The lowest BCUT2D eigenvalue weighted by molar-refractivity contribution is 0.592. The Kier molecular flexibility index (Phi) is 5.80. The predicted molar refractivity (Wildman–Crippen MR) is 86.2 cm³/mol. The molecule has 0 spiro atoms. The Morgan fingerprint density at radius 3 is 2.05 bits per heavy atom. The molecule has 0 aliphatic carbocycles. The number of hydrogen-bond acceptors (Lipinski definition) is 2. The molecule has 102 valence electrons. The second-order valence-corrected chi connectivity index (χ2v) is 8.96. The first-order chi connectivity index (χ1) is 9.15. The van der Waals surface area contributed by atoms with Crippen LogP contribution >= 0.6 is 0 Å². The van der Waals surface area contributed by atoms with Gasteiger partial charge in [0.25, 0.3) is 0 Å². The summed E-state index contributed by atoms with van der Waals surface area (Å²) < 4.78 is 5.80. The summed E-state index contributed by atoms with van der Waals surface area (Å²) in [5.74, 6) is 0. The van der Waals surface area contributed by atoms with Crippen molar-refractivity contribution in [2.45, 2.75) is 24.2 Å². The number of hydrogen-bond donors (Lipinski definition) is 1. The second-order valence-electron chi connectivity index (χ2n) is 4.73. The highest BCUT2D eigenvalue weighted by Gasteiger charge is 2.37. The lowest BCUT2D eigenvalue weighted by atomic mass is 10.2. The molecule has 1 heterocycles. The van der Waals surface area contributed by atoms with Crippen molar-refractivity contribution in [2.24, 2.45) is 5.73 Å². The van der Waals surface area contributed by atoms with E-state index in [4.69, 9.17) is 10.2 Å². The molecule has 0 aliphatic heterocycles. The maximum absolute atomic E-state index is 6.09. The Balaban J connectivity index is 3.33. The van der Waals surface area contributed by atoms with E-state index in [1.807, 2.05) is 24.3 Å². The fourth-order valence-corrected chi connectivity index (χ4v) is 6.39. The van der Waals surface area contributed by atoms with Crippen LogP contribution in [0.1, 0.15) is 11.6 Å². The lowest BCUT2D eigenvalue weighted by Crippen LogP contribution is -2.48. The van der Waals surface area contributed by atoms with Crippen molar-refractivity contribution in [2.75, 3.05) is 0 Å². The third kappa shape index (κ3) is 3.25. The standard InChI is InChI=1S/C16H23NOSi/c1-5-11-19(12-6-2,13-7-3)16-14(9-10-18-16)15(17)8-4/h5-10,15H,1-4,11-13,17H2. The van der Waals surface area contributed by atoms with Crippen LogP contribution < -0.4 is 11.1 Å². The van der Waals surface area contributed by atoms with E-state index in [0.29, 0.717) is 0 Å². The molecule has 2 N–H and O–H groups in total. The molecule has 0 saturated heterocycles. The Bertz CT molecular complexity index is 435. The molecule has 0 radical (unpaired) electrons. The van der Waals surface area contributed by atoms with Crippen LogP contribution in [-0.2, 0) is 0 Å². The van der Waals surface area contributed by atoms with Crippen LogP contribution in [-0.4, -0.2) is 8.07 Å². The first kappa shape index (κ1) is 15.5. The predicted octanol–water partition coefficient (Wildman–Crippen LogP) is 3.68. The molecule has 0 fully saturated rings. The summed E-state index contributed by atoms with van der Waals surface area (Å²) in [5.41, 5.74) is 7.13. The average Bonchev–Trinajstić information content (AvgIpc) is 2.88. The SMILES string of the molecule is C=CC[Si](CC=C)(CC=C)c1occc1C(N)C=C. The fourth-order valence-electron chi connectivity index (χ4n) is 2.50. The van der Waals surface area contributed by atoms with Gasteiger partial charge in [0.05, 0.1) is 17.7 Å². The van der Waals surface area contributed by atoms with Gasteiger partial charge < -0.3 is 10.2 Å². The van der Waals surface area contributed by atoms with Gasteiger partial charge in [-0.05, 0) is 24.2 Å². The molecule has 0 bridgehead atoms. The van der Waals surface area contributed by atoms with E-state index in [2.05, 4.69) is 26.3 Å². The van der Waals surface area contributed by atoms with Crippen molar-refractivity contribution in [3.8, 4) is 0 Å². The van der Waals surface area contributed by atoms with E-state index in [0.717, 1.165) is 29.1 Å². The maximum Gasteiger partial charge on any atom is 0.143 e. The molecule has 1 atom stereocenters. The summed E-state index contributed by atoms with van der Waals surface area (Å²) in [6, 6.07) is 4.53. The first-order valence-electron chi connectivity index (χ1n) is 6.44. The zero-order valence-corrected chi connectivity index (χ0v) is 12.5. The minimum absolute atomic E-state index is 0.194. The van der Waals surface area contributed by atoms with Crippen LogP contribution in [0.3, 0.4) is 0 Å². The van der Waals surface area contributed by atoms with Gasteiger partial charge in [-0.3, -0.25) is 0 Å². The van der Waals surface area contributed by atoms with Gasteiger partial charge in [-0.1, -0.05) is 24.3 Å². The molecule has 19 heavy (non-hydrogen) atoms. The zero-order chi connectivity index (χ0) is 14.3. The quantitative estimate of drug-likeness (QED) is 0.550. The monoisotopic (exact) mass is 273 g/mol. The molecule has 1 unspecified atom stereocenters. The van der Waals surface area contributed by atoms with E-state index >= 15 is 0 Å². The highest BCUT2D eigenvalue weighted by molar-refractivity contribution is 6.92. The van der Waals surface area contributed by atoms with Crippen molar-refractivity contribution < 1.29 is 4.42 Å². The van der Waals surface area contributed by atoms with E-state index in [1.54, 1.807) is 12.3 Å². The van der Waals surface area contributed by atoms with Gasteiger partial charge in [0.15, 0.2) is 0 Å². The lowest BCUT2D eigenvalue weighted by Gasteiger charge is -2.28. The molecule has 1 rings (SSSR count). The normalized spacial score (nSPS) is 12.7. The van der Waals surface area contributed by atoms with Gasteiger partial charge in [-0.25, -0.2) is 0 Å². The molecule has 0 aromatic carbocycles. The van der Waals surface area contributed by atoms with Gasteiger partial charge in [-0.2, -0.15) is 0 Å². The summed E-state index contributed by atoms with van der Waals surface area (Å²) in [4.78, 5) is 0. The maximum atomic E-state index is 6.09. The average molecular weight is 273 g/mol. The molecule has 1 aromatic rings. The first-order valence-corrected chi connectivity index (χ1v) is 9.06. The van der Waals surface area contributed by atoms with Gasteiger partial charge in [0.2, 0.25) is 0 Å². The molecule has 2 nitrogen and oxygen atoms in total. The third-order valence-corrected chi connectivity index (χ3v) is 7.98. The smallest absolute Gasteiger partial charge is 0.143 e. The van der Waals surface area contributed by atoms with Crippen LogP contribution in [0.2, 0.25) is 18.1 Å². The van der Waals surface area contributed by atoms with Crippen LogP contribution in [0.4, 0.5) is 0 Å². The summed E-state index contributed by atoms with van der Waals surface area (Å²) >= 11 is 0. The number of furan rings is 1. The molecule has 0 aliphatic rings. The summed E-state index contributed by atoms with van der Waals surface area (Å²) in [6.07, 6.45) is 9.34. The van der Waals surface area contributed by atoms with Gasteiger partial charge in [0.1, 0.15) is 8.07 Å². The van der Waals surface area contributed by atoms with Crippen molar-refractivity contribution in [1.29, 1.82) is 0 Å². The molecular formula is C16H23NOSi. The third-order valence-electron chi connectivity index (χ3n) is 3.40. The number of nitrogens with two attached hydrogens (primary N) is 1. The molecule has 1 aromatic heterocycles. The molecular weight excluding hydrogens is 250 g/mol. The van der Waals surface area contributed by atoms with Crippen LogP contribution in [0.5, 0.6) is 0 Å². The minimum Gasteiger partial charge on any atom is -0.474 e. The Hall–Kier alpha value is -1.58. The van der Waals surface area contributed by atoms with Crippen molar-refractivity contribution in [3.05, 3.63) is 68.5 Å². The van der Waals surface area contributed by atoms with Crippen molar-refractivity contribution in [3.63, 3.8) is 0 Å².